The fraction of sp³-hybridized carbons (Fsp3) is 0.312. The highest BCUT2D eigenvalue weighted by Gasteiger charge is 2.16. The van der Waals surface area contributed by atoms with Crippen molar-refractivity contribution in [2.45, 2.75) is 26.2 Å². The minimum Gasteiger partial charge on any atom is -0.360 e. The fourth-order valence-electron chi connectivity index (χ4n) is 2.52. The molecule has 0 aliphatic heterocycles. The number of fused-ring (bicyclic) bond motifs is 1. The van der Waals surface area contributed by atoms with Gasteiger partial charge in [0.25, 0.3) is 0 Å². The van der Waals surface area contributed by atoms with Gasteiger partial charge < -0.3 is 15.7 Å². The van der Waals surface area contributed by atoms with Crippen molar-refractivity contribution in [2.24, 2.45) is 5.73 Å². The van der Waals surface area contributed by atoms with E-state index >= 15 is 0 Å². The maximum absolute atomic E-state index is 5.73. The minimum absolute atomic E-state index is 0.380. The summed E-state index contributed by atoms with van der Waals surface area (Å²) < 4.78 is 0. The predicted octanol–water partition coefficient (Wildman–Crippen LogP) is 3.18. The number of hydrogen-bond acceptors (Lipinski definition) is 2. The first-order valence-corrected chi connectivity index (χ1v) is 7.06. The van der Waals surface area contributed by atoms with E-state index in [0.29, 0.717) is 12.5 Å². The van der Waals surface area contributed by atoms with Gasteiger partial charge in [0.05, 0.1) is 5.69 Å². The van der Waals surface area contributed by atoms with Crippen molar-refractivity contribution in [1.29, 1.82) is 0 Å². The minimum atomic E-state index is 0.380. The Bertz CT molecular complexity index is 721. The van der Waals surface area contributed by atoms with Crippen molar-refractivity contribution in [3.8, 4) is 11.3 Å². The van der Waals surface area contributed by atoms with Gasteiger partial charge in [0.15, 0.2) is 0 Å². The Hall–Kier alpha value is -2.07. The number of aromatic amines is 2. The second-order valence-electron chi connectivity index (χ2n) is 5.39. The number of hydrogen-bond donors (Lipinski definition) is 3. The molecule has 20 heavy (non-hydrogen) atoms. The summed E-state index contributed by atoms with van der Waals surface area (Å²) in [7, 11) is 0. The highest BCUT2D eigenvalue weighted by Crippen LogP contribution is 2.30. The lowest BCUT2D eigenvalue weighted by atomic mass is 10.1. The van der Waals surface area contributed by atoms with Gasteiger partial charge in [-0.3, -0.25) is 0 Å². The van der Waals surface area contributed by atoms with Gasteiger partial charge in [0.2, 0.25) is 0 Å². The van der Waals surface area contributed by atoms with Crippen molar-refractivity contribution in [3.05, 3.63) is 42.0 Å². The molecule has 0 atom stereocenters. The number of para-hydroxylation sites is 1. The van der Waals surface area contributed by atoms with Gasteiger partial charge in [0.1, 0.15) is 5.82 Å². The number of nitrogens with one attached hydrogen (secondary N) is 2. The summed E-state index contributed by atoms with van der Waals surface area (Å²) in [5.41, 5.74) is 10.2. The van der Waals surface area contributed by atoms with Crippen LogP contribution in [0.25, 0.3) is 22.2 Å². The molecule has 0 unspecified atom stereocenters. The van der Waals surface area contributed by atoms with Gasteiger partial charge in [-0.2, -0.15) is 0 Å². The Kier molecular flexibility index (Phi) is 3.32. The molecule has 0 saturated carbocycles. The van der Waals surface area contributed by atoms with Crippen LogP contribution in [0, 0.1) is 0 Å². The van der Waals surface area contributed by atoms with Gasteiger partial charge in [-0.05, 0) is 12.6 Å². The molecule has 0 amide bonds. The normalized spacial score (nSPS) is 11.6. The summed E-state index contributed by atoms with van der Waals surface area (Å²) in [6.45, 7) is 4.91. The number of rotatable bonds is 4. The van der Waals surface area contributed by atoms with Crippen molar-refractivity contribution >= 4 is 10.9 Å². The average Bonchev–Trinajstić information content (AvgIpc) is 3.02. The molecular formula is C16H20N4. The fourth-order valence-corrected chi connectivity index (χ4v) is 2.52. The third-order valence-corrected chi connectivity index (χ3v) is 3.58. The molecule has 3 aromatic rings. The van der Waals surface area contributed by atoms with E-state index in [0.717, 1.165) is 34.7 Å². The van der Waals surface area contributed by atoms with Crippen LogP contribution in [0.3, 0.4) is 0 Å². The SMILES string of the molecule is CC(C)c1nc(-c2c[nH]c3ccccc23)c(CCN)[nH]1. The van der Waals surface area contributed by atoms with E-state index in [1.807, 2.05) is 12.3 Å². The van der Waals surface area contributed by atoms with E-state index in [1.165, 1.54) is 5.39 Å². The molecule has 0 bridgehead atoms. The zero-order valence-corrected chi connectivity index (χ0v) is 11.9. The molecule has 0 radical (unpaired) electrons. The lowest BCUT2D eigenvalue weighted by Gasteiger charge is -1.99. The summed E-state index contributed by atoms with van der Waals surface area (Å²) >= 11 is 0. The quantitative estimate of drug-likeness (QED) is 0.680. The molecule has 0 aliphatic carbocycles. The van der Waals surface area contributed by atoms with Crippen LogP contribution in [0.15, 0.2) is 30.5 Å². The molecule has 2 heterocycles. The molecule has 4 N–H and O–H groups in total. The number of H-pyrrole nitrogens is 2. The Morgan fingerprint density at radius 2 is 2.05 bits per heavy atom. The largest absolute Gasteiger partial charge is 0.360 e. The van der Waals surface area contributed by atoms with Crippen LogP contribution in [-0.4, -0.2) is 21.5 Å². The molecule has 1 aromatic carbocycles. The van der Waals surface area contributed by atoms with Gasteiger partial charge in [0, 0.05) is 40.7 Å². The first-order valence-electron chi connectivity index (χ1n) is 7.06. The van der Waals surface area contributed by atoms with Crippen LogP contribution in [-0.2, 0) is 6.42 Å². The first kappa shape index (κ1) is 12.9. The zero-order chi connectivity index (χ0) is 14.1. The van der Waals surface area contributed by atoms with Crippen molar-refractivity contribution in [2.75, 3.05) is 6.54 Å². The summed E-state index contributed by atoms with van der Waals surface area (Å²) in [4.78, 5) is 11.5. The highest BCUT2D eigenvalue weighted by atomic mass is 14.9. The lowest BCUT2D eigenvalue weighted by molar-refractivity contribution is 0.786. The van der Waals surface area contributed by atoms with Crippen molar-refractivity contribution in [3.63, 3.8) is 0 Å². The Morgan fingerprint density at radius 3 is 2.80 bits per heavy atom. The predicted molar refractivity (Wildman–Crippen MR) is 82.7 cm³/mol. The second kappa shape index (κ2) is 5.13. The van der Waals surface area contributed by atoms with Crippen LogP contribution in [0.1, 0.15) is 31.3 Å². The summed E-state index contributed by atoms with van der Waals surface area (Å²) in [5.74, 6) is 1.40. The molecule has 4 heteroatoms. The average molecular weight is 268 g/mol. The van der Waals surface area contributed by atoms with Gasteiger partial charge in [-0.15, -0.1) is 0 Å². The maximum Gasteiger partial charge on any atom is 0.109 e. The Morgan fingerprint density at radius 1 is 1.25 bits per heavy atom. The summed E-state index contributed by atoms with van der Waals surface area (Å²) in [6, 6.07) is 8.29. The molecule has 0 spiro atoms. The van der Waals surface area contributed by atoms with Gasteiger partial charge in [-0.1, -0.05) is 32.0 Å². The van der Waals surface area contributed by atoms with E-state index in [4.69, 9.17) is 10.7 Å². The van der Waals surface area contributed by atoms with E-state index in [1.54, 1.807) is 0 Å². The van der Waals surface area contributed by atoms with Crippen LogP contribution in [0.4, 0.5) is 0 Å². The summed E-state index contributed by atoms with van der Waals surface area (Å²) in [6.07, 6.45) is 2.85. The van der Waals surface area contributed by atoms with Crippen LogP contribution >= 0.6 is 0 Å². The van der Waals surface area contributed by atoms with E-state index in [9.17, 15) is 0 Å². The Labute approximate surface area is 118 Å². The smallest absolute Gasteiger partial charge is 0.109 e. The molecular weight excluding hydrogens is 248 g/mol. The second-order valence-corrected chi connectivity index (χ2v) is 5.39. The van der Waals surface area contributed by atoms with Crippen molar-refractivity contribution in [1.82, 2.24) is 15.0 Å². The molecule has 3 rings (SSSR count). The van der Waals surface area contributed by atoms with Gasteiger partial charge >= 0.3 is 0 Å². The molecule has 2 aromatic heterocycles. The van der Waals surface area contributed by atoms with Crippen molar-refractivity contribution < 1.29 is 0 Å². The topological polar surface area (TPSA) is 70.5 Å². The lowest BCUT2D eigenvalue weighted by Crippen LogP contribution is -2.04. The third kappa shape index (κ3) is 2.12. The monoisotopic (exact) mass is 268 g/mol. The third-order valence-electron chi connectivity index (χ3n) is 3.58. The molecule has 4 nitrogen and oxygen atoms in total. The number of aromatic nitrogens is 3. The number of benzene rings is 1. The van der Waals surface area contributed by atoms with Crippen LogP contribution in [0.2, 0.25) is 0 Å². The molecule has 0 aliphatic rings. The van der Waals surface area contributed by atoms with E-state index < -0.39 is 0 Å². The molecule has 0 fully saturated rings. The van der Waals surface area contributed by atoms with Gasteiger partial charge in [-0.25, -0.2) is 4.98 Å². The molecule has 104 valence electrons. The van der Waals surface area contributed by atoms with E-state index in [2.05, 4.69) is 42.0 Å². The standard InChI is InChI=1S/C16H20N4/c1-10(2)16-19-14(7-8-17)15(20-16)12-9-18-13-6-4-3-5-11(12)13/h3-6,9-10,18H,7-8,17H2,1-2H3,(H,19,20). The number of imidazole rings is 1. The number of nitrogens with two attached hydrogens (primary N) is 1. The van der Waals surface area contributed by atoms with Crippen LogP contribution in [0.5, 0.6) is 0 Å². The summed E-state index contributed by atoms with van der Waals surface area (Å²) in [5, 5.41) is 1.20. The number of nitrogens with zero attached hydrogens (tertiary/aromatic N) is 1. The first-order chi connectivity index (χ1) is 9.70. The van der Waals surface area contributed by atoms with Crippen LogP contribution < -0.4 is 5.73 Å². The molecule has 0 saturated heterocycles. The Balaban J connectivity index is 2.17. The highest BCUT2D eigenvalue weighted by molar-refractivity contribution is 5.95. The maximum atomic E-state index is 5.73. The van der Waals surface area contributed by atoms with E-state index in [-0.39, 0.29) is 0 Å². The zero-order valence-electron chi connectivity index (χ0n) is 11.9.